The fourth-order valence-electron chi connectivity index (χ4n) is 5.73. The summed E-state index contributed by atoms with van der Waals surface area (Å²) in [6, 6.07) is 19.9. The van der Waals surface area contributed by atoms with Crippen molar-refractivity contribution >= 4 is 17.8 Å². The van der Waals surface area contributed by atoms with Crippen LogP contribution in [0.2, 0.25) is 0 Å². The third-order valence-electron chi connectivity index (χ3n) is 7.73. The number of nitrogens with zero attached hydrogens (tertiary/aromatic N) is 3. The molecular weight excluding hydrogens is 514 g/mol. The molecule has 3 aromatic rings. The Bertz CT molecular complexity index is 1410. The molecule has 41 heavy (non-hydrogen) atoms. The SMILES string of the molecule is CCCN(CCC)c1cccc(-c2ccc(C[C@]3(CN4C=CCc5cc(OC)ccc5C4)NC(=O)NC3=O)cc2)n1. The highest BCUT2D eigenvalue weighted by molar-refractivity contribution is 6.07. The third kappa shape index (κ3) is 6.37. The Morgan fingerprint density at radius 1 is 1.00 bits per heavy atom. The molecule has 1 fully saturated rings. The van der Waals surface area contributed by atoms with E-state index in [1.165, 1.54) is 11.1 Å². The molecule has 0 spiro atoms. The number of nitrogens with one attached hydrogen (secondary N) is 2. The zero-order valence-electron chi connectivity index (χ0n) is 24.2. The van der Waals surface area contributed by atoms with Gasteiger partial charge in [-0.25, -0.2) is 9.78 Å². The maximum Gasteiger partial charge on any atom is 0.322 e. The summed E-state index contributed by atoms with van der Waals surface area (Å²) >= 11 is 0. The molecule has 1 aromatic heterocycles. The molecule has 0 aliphatic carbocycles. The lowest BCUT2D eigenvalue weighted by molar-refractivity contribution is -0.124. The molecule has 0 radical (unpaired) electrons. The second-order valence-corrected chi connectivity index (χ2v) is 10.9. The maximum atomic E-state index is 13.2. The monoisotopic (exact) mass is 553 g/mol. The number of hydrogen-bond acceptors (Lipinski definition) is 6. The summed E-state index contributed by atoms with van der Waals surface area (Å²) < 4.78 is 5.39. The molecule has 0 saturated carbocycles. The average Bonchev–Trinajstić information content (AvgIpc) is 3.12. The van der Waals surface area contributed by atoms with E-state index >= 15 is 0 Å². The number of benzene rings is 2. The number of rotatable bonds is 11. The smallest absolute Gasteiger partial charge is 0.322 e. The minimum Gasteiger partial charge on any atom is -0.497 e. The van der Waals surface area contributed by atoms with Crippen LogP contribution in [0.25, 0.3) is 11.3 Å². The molecule has 8 nitrogen and oxygen atoms in total. The van der Waals surface area contributed by atoms with Gasteiger partial charge < -0.3 is 19.9 Å². The van der Waals surface area contributed by atoms with E-state index < -0.39 is 11.6 Å². The number of amides is 3. The molecule has 2 N–H and O–H groups in total. The summed E-state index contributed by atoms with van der Waals surface area (Å²) in [4.78, 5) is 34.9. The fraction of sp³-hybridized carbons (Fsp3) is 0.364. The first-order valence-corrected chi connectivity index (χ1v) is 14.4. The zero-order chi connectivity index (χ0) is 28.8. The van der Waals surface area contributed by atoms with Crippen molar-refractivity contribution in [2.75, 3.05) is 31.6 Å². The highest BCUT2D eigenvalue weighted by Crippen LogP contribution is 2.27. The van der Waals surface area contributed by atoms with Gasteiger partial charge in [-0.05, 0) is 66.4 Å². The predicted octanol–water partition coefficient (Wildman–Crippen LogP) is 5.08. The van der Waals surface area contributed by atoms with E-state index in [4.69, 9.17) is 9.72 Å². The number of methoxy groups -OCH3 is 1. The Hall–Kier alpha value is -4.33. The molecule has 214 valence electrons. The van der Waals surface area contributed by atoms with Crippen molar-refractivity contribution in [3.05, 3.63) is 89.6 Å². The Morgan fingerprint density at radius 2 is 1.78 bits per heavy atom. The summed E-state index contributed by atoms with van der Waals surface area (Å²) in [5, 5.41) is 5.42. The van der Waals surface area contributed by atoms with Crippen LogP contribution in [-0.2, 0) is 24.2 Å². The molecule has 1 saturated heterocycles. The van der Waals surface area contributed by atoms with E-state index in [1.54, 1.807) is 7.11 Å². The van der Waals surface area contributed by atoms with Crippen LogP contribution >= 0.6 is 0 Å². The Balaban J connectivity index is 1.35. The van der Waals surface area contributed by atoms with E-state index in [0.29, 0.717) is 19.5 Å². The van der Waals surface area contributed by atoms with Gasteiger partial charge in [-0.2, -0.15) is 0 Å². The van der Waals surface area contributed by atoms with Crippen molar-refractivity contribution in [3.63, 3.8) is 0 Å². The fourth-order valence-corrected chi connectivity index (χ4v) is 5.73. The Kier molecular flexibility index (Phi) is 8.57. The quantitative estimate of drug-likeness (QED) is 0.322. The Labute approximate surface area is 242 Å². The van der Waals surface area contributed by atoms with Gasteiger partial charge in [0.05, 0.1) is 19.3 Å². The number of ether oxygens (including phenoxy) is 1. The number of aromatic nitrogens is 1. The molecule has 2 aliphatic rings. The van der Waals surface area contributed by atoms with Crippen LogP contribution in [0.4, 0.5) is 10.6 Å². The lowest BCUT2D eigenvalue weighted by Crippen LogP contribution is -2.55. The van der Waals surface area contributed by atoms with E-state index in [0.717, 1.165) is 60.7 Å². The number of carbonyl (C=O) groups is 2. The average molecular weight is 554 g/mol. The van der Waals surface area contributed by atoms with Gasteiger partial charge in [0.25, 0.3) is 5.91 Å². The minimum atomic E-state index is -1.08. The van der Waals surface area contributed by atoms with Gasteiger partial charge in [-0.15, -0.1) is 0 Å². The van der Waals surface area contributed by atoms with Gasteiger partial charge in [-0.3, -0.25) is 10.1 Å². The van der Waals surface area contributed by atoms with Crippen molar-refractivity contribution in [1.29, 1.82) is 0 Å². The first-order valence-electron chi connectivity index (χ1n) is 14.4. The number of pyridine rings is 1. The van der Waals surface area contributed by atoms with Crippen LogP contribution in [0, 0.1) is 0 Å². The molecule has 2 aromatic carbocycles. The number of urea groups is 1. The van der Waals surface area contributed by atoms with Crippen molar-refractivity contribution in [3.8, 4) is 17.0 Å². The summed E-state index contributed by atoms with van der Waals surface area (Å²) in [6.45, 7) is 7.31. The topological polar surface area (TPSA) is 86.8 Å². The molecule has 3 heterocycles. The van der Waals surface area contributed by atoms with E-state index in [1.807, 2.05) is 42.6 Å². The standard InChI is InChI=1S/C33H39N5O3/c1-4-17-38(18-5-2)30-10-6-9-29(34-30)25-13-11-24(12-14-25)21-33(31(39)35-32(40)36-33)23-37-19-7-8-26-20-28(41-3)16-15-27(26)22-37/h6-7,9-16,19-20H,4-5,8,17-18,21-23H2,1-3H3,(H2,35,36,39,40)/t33-/m1/s1. The highest BCUT2D eigenvalue weighted by Gasteiger charge is 2.47. The number of carbonyl (C=O) groups excluding carboxylic acids is 2. The molecule has 1 atom stereocenters. The number of imide groups is 1. The molecular formula is C33H39N5O3. The Morgan fingerprint density at radius 3 is 2.46 bits per heavy atom. The van der Waals surface area contributed by atoms with Crippen molar-refractivity contribution in [2.45, 2.75) is 51.6 Å². The number of allylic oxidation sites excluding steroid dienone is 1. The lowest BCUT2D eigenvalue weighted by Gasteiger charge is -2.32. The van der Waals surface area contributed by atoms with Crippen LogP contribution in [0.3, 0.4) is 0 Å². The van der Waals surface area contributed by atoms with Gasteiger partial charge in [-0.1, -0.05) is 56.3 Å². The summed E-state index contributed by atoms with van der Waals surface area (Å²) in [5.74, 6) is 1.51. The van der Waals surface area contributed by atoms with Crippen LogP contribution in [0.15, 0.2) is 72.9 Å². The van der Waals surface area contributed by atoms with E-state index in [-0.39, 0.29) is 5.91 Å². The molecule has 2 aliphatic heterocycles. The summed E-state index contributed by atoms with van der Waals surface area (Å²) in [5.41, 5.74) is 4.17. The van der Waals surface area contributed by atoms with Crippen LogP contribution in [0.1, 0.15) is 43.4 Å². The predicted molar refractivity (Wildman–Crippen MR) is 162 cm³/mol. The van der Waals surface area contributed by atoms with Crippen molar-refractivity contribution in [2.24, 2.45) is 0 Å². The highest BCUT2D eigenvalue weighted by atomic mass is 16.5. The number of anilines is 1. The van der Waals surface area contributed by atoms with Gasteiger partial charge in [0.15, 0.2) is 0 Å². The minimum absolute atomic E-state index is 0.305. The van der Waals surface area contributed by atoms with Crippen LogP contribution in [-0.4, -0.2) is 54.1 Å². The number of fused-ring (bicyclic) bond motifs is 1. The largest absolute Gasteiger partial charge is 0.497 e. The molecule has 5 rings (SSSR count). The van der Waals surface area contributed by atoms with E-state index in [2.05, 4.69) is 64.6 Å². The van der Waals surface area contributed by atoms with Gasteiger partial charge in [0, 0.05) is 31.6 Å². The first kappa shape index (κ1) is 28.2. The maximum absolute atomic E-state index is 13.2. The van der Waals surface area contributed by atoms with Gasteiger partial charge >= 0.3 is 6.03 Å². The van der Waals surface area contributed by atoms with E-state index in [9.17, 15) is 9.59 Å². The molecule has 3 amide bonds. The molecule has 0 unspecified atom stereocenters. The lowest BCUT2D eigenvalue weighted by atomic mass is 9.89. The normalized spacial score (nSPS) is 18.0. The van der Waals surface area contributed by atoms with Crippen LogP contribution < -0.4 is 20.3 Å². The zero-order valence-corrected chi connectivity index (χ0v) is 24.2. The first-order chi connectivity index (χ1) is 19.9. The second kappa shape index (κ2) is 12.5. The van der Waals surface area contributed by atoms with Crippen LogP contribution in [0.5, 0.6) is 5.75 Å². The second-order valence-electron chi connectivity index (χ2n) is 10.9. The summed E-state index contributed by atoms with van der Waals surface area (Å²) in [7, 11) is 1.67. The number of hydrogen-bond donors (Lipinski definition) is 2. The summed E-state index contributed by atoms with van der Waals surface area (Å²) in [6.07, 6.45) is 7.40. The third-order valence-corrected chi connectivity index (χ3v) is 7.73. The van der Waals surface area contributed by atoms with Gasteiger partial charge in [0.2, 0.25) is 0 Å². The van der Waals surface area contributed by atoms with Crippen molar-refractivity contribution < 1.29 is 14.3 Å². The van der Waals surface area contributed by atoms with Crippen molar-refractivity contribution in [1.82, 2.24) is 20.5 Å². The van der Waals surface area contributed by atoms with Gasteiger partial charge in [0.1, 0.15) is 17.1 Å². The molecule has 0 bridgehead atoms. The molecule has 8 heteroatoms.